The zero-order valence-corrected chi connectivity index (χ0v) is 12.5. The summed E-state index contributed by atoms with van der Waals surface area (Å²) in [4.78, 5) is 25.3. The van der Waals surface area contributed by atoms with Crippen molar-refractivity contribution in [1.29, 1.82) is 0 Å². The van der Waals surface area contributed by atoms with Crippen molar-refractivity contribution < 1.29 is 18.0 Å². The Morgan fingerprint density at radius 3 is 2.53 bits per heavy atom. The molecule has 7 heteroatoms. The molecule has 1 aliphatic heterocycles. The summed E-state index contributed by atoms with van der Waals surface area (Å²) in [5.41, 5.74) is 0. The highest BCUT2D eigenvalue weighted by molar-refractivity contribution is 7.91. The van der Waals surface area contributed by atoms with E-state index >= 15 is 0 Å². The summed E-state index contributed by atoms with van der Waals surface area (Å²) in [5.74, 6) is -0.339. The fourth-order valence-corrected chi connectivity index (χ4v) is 2.71. The number of carbonyl (C=O) groups excluding carboxylic acids is 2. The van der Waals surface area contributed by atoms with E-state index in [1.165, 1.54) is 4.90 Å². The molecule has 0 aromatic carbocycles. The van der Waals surface area contributed by atoms with Crippen LogP contribution in [-0.2, 0) is 19.4 Å². The van der Waals surface area contributed by atoms with E-state index in [1.54, 1.807) is 6.92 Å². The van der Waals surface area contributed by atoms with Crippen molar-refractivity contribution >= 4 is 21.7 Å². The Balaban J connectivity index is 2.76. The van der Waals surface area contributed by atoms with Gasteiger partial charge in [-0.05, 0) is 5.92 Å². The molecule has 0 aromatic heterocycles. The van der Waals surface area contributed by atoms with Gasteiger partial charge in [0.2, 0.25) is 11.8 Å². The highest BCUT2D eigenvalue weighted by Gasteiger charge is 2.32. The molecule has 19 heavy (non-hydrogen) atoms. The van der Waals surface area contributed by atoms with Crippen molar-refractivity contribution in [2.75, 3.05) is 24.6 Å². The van der Waals surface area contributed by atoms with Crippen LogP contribution in [0.4, 0.5) is 0 Å². The molecule has 0 saturated carbocycles. The molecule has 0 radical (unpaired) electrons. The Labute approximate surface area is 114 Å². The van der Waals surface area contributed by atoms with Crippen LogP contribution in [0.15, 0.2) is 0 Å². The van der Waals surface area contributed by atoms with E-state index < -0.39 is 15.9 Å². The predicted octanol–water partition coefficient (Wildman–Crippen LogP) is -0.206. The molecule has 6 nitrogen and oxygen atoms in total. The smallest absolute Gasteiger partial charge is 0.245 e. The van der Waals surface area contributed by atoms with E-state index in [1.807, 2.05) is 13.8 Å². The van der Waals surface area contributed by atoms with Gasteiger partial charge in [0, 0.05) is 25.3 Å². The molecule has 1 heterocycles. The molecule has 0 spiro atoms. The van der Waals surface area contributed by atoms with Gasteiger partial charge in [-0.2, -0.15) is 0 Å². The summed E-state index contributed by atoms with van der Waals surface area (Å²) in [6.45, 7) is 5.74. The molecule has 1 aliphatic rings. The van der Waals surface area contributed by atoms with Crippen LogP contribution in [0.3, 0.4) is 0 Å². The standard InChI is InChI=1S/C12H22N2O4S/c1-4-19(17,18)8-7-14-6-5-10(15)13-11(9(2)3)12(14)16/h9,11H,4-8H2,1-3H3,(H,13,15). The first kappa shape index (κ1) is 15.9. The van der Waals surface area contributed by atoms with Crippen molar-refractivity contribution in [3.8, 4) is 0 Å². The van der Waals surface area contributed by atoms with Crippen LogP contribution < -0.4 is 5.32 Å². The second-order valence-electron chi connectivity index (χ2n) is 5.10. The third-order valence-corrected chi connectivity index (χ3v) is 4.97. The van der Waals surface area contributed by atoms with E-state index in [2.05, 4.69) is 5.32 Å². The molecular weight excluding hydrogens is 268 g/mol. The number of amides is 2. The number of carbonyl (C=O) groups is 2. The maximum absolute atomic E-state index is 12.3. The van der Waals surface area contributed by atoms with Crippen molar-refractivity contribution in [3.63, 3.8) is 0 Å². The maximum atomic E-state index is 12.3. The van der Waals surface area contributed by atoms with Crippen LogP contribution in [0.25, 0.3) is 0 Å². The van der Waals surface area contributed by atoms with Crippen LogP contribution in [-0.4, -0.2) is 55.8 Å². The van der Waals surface area contributed by atoms with E-state index in [4.69, 9.17) is 0 Å². The quantitative estimate of drug-likeness (QED) is 0.759. The summed E-state index contributed by atoms with van der Waals surface area (Å²) >= 11 is 0. The van der Waals surface area contributed by atoms with Crippen LogP contribution in [0.2, 0.25) is 0 Å². The number of nitrogens with zero attached hydrogens (tertiary/aromatic N) is 1. The Hall–Kier alpha value is -1.11. The Bertz CT molecular complexity index is 445. The van der Waals surface area contributed by atoms with E-state index in [0.29, 0.717) is 0 Å². The molecule has 1 atom stereocenters. The van der Waals surface area contributed by atoms with Gasteiger partial charge in [0.1, 0.15) is 6.04 Å². The van der Waals surface area contributed by atoms with Crippen LogP contribution in [0, 0.1) is 5.92 Å². The first-order chi connectivity index (χ1) is 8.76. The average molecular weight is 290 g/mol. The SMILES string of the molecule is CCS(=O)(=O)CCN1CCC(=O)NC(C(C)C)C1=O. The first-order valence-corrected chi connectivity index (χ1v) is 8.37. The highest BCUT2D eigenvalue weighted by atomic mass is 32.2. The fourth-order valence-electron chi connectivity index (χ4n) is 1.92. The first-order valence-electron chi connectivity index (χ1n) is 6.55. The summed E-state index contributed by atoms with van der Waals surface area (Å²) in [6, 6.07) is -0.556. The largest absolute Gasteiger partial charge is 0.344 e. The molecule has 110 valence electrons. The molecular formula is C12H22N2O4S. The molecule has 1 fully saturated rings. The van der Waals surface area contributed by atoms with Crippen molar-refractivity contribution in [2.24, 2.45) is 5.92 Å². The molecule has 1 N–H and O–H groups in total. The van der Waals surface area contributed by atoms with Gasteiger partial charge in [-0.15, -0.1) is 0 Å². The number of nitrogens with one attached hydrogen (secondary N) is 1. The van der Waals surface area contributed by atoms with Crippen molar-refractivity contribution in [3.05, 3.63) is 0 Å². The minimum Gasteiger partial charge on any atom is -0.344 e. The normalized spacial score (nSPS) is 21.5. The minimum atomic E-state index is -3.10. The zero-order valence-electron chi connectivity index (χ0n) is 11.7. The Morgan fingerprint density at radius 2 is 2.00 bits per heavy atom. The molecule has 1 unspecified atom stereocenters. The number of rotatable bonds is 5. The van der Waals surface area contributed by atoms with Crippen molar-refractivity contribution in [1.82, 2.24) is 10.2 Å². The van der Waals surface area contributed by atoms with Gasteiger partial charge in [-0.1, -0.05) is 20.8 Å². The van der Waals surface area contributed by atoms with Gasteiger partial charge in [0.15, 0.2) is 9.84 Å². The fraction of sp³-hybridized carbons (Fsp3) is 0.833. The monoisotopic (exact) mass is 290 g/mol. The predicted molar refractivity (Wildman–Crippen MR) is 72.3 cm³/mol. The van der Waals surface area contributed by atoms with Crippen molar-refractivity contribution in [2.45, 2.75) is 33.2 Å². The summed E-state index contributed by atoms with van der Waals surface area (Å²) < 4.78 is 23.0. The minimum absolute atomic E-state index is 0.0140. The average Bonchev–Trinajstić information content (AvgIpc) is 2.48. The van der Waals surface area contributed by atoms with E-state index in [-0.39, 0.29) is 48.7 Å². The number of hydrogen-bond donors (Lipinski definition) is 1. The summed E-state index contributed by atoms with van der Waals surface area (Å²) in [6.07, 6.45) is 0.223. The Morgan fingerprint density at radius 1 is 1.37 bits per heavy atom. The second-order valence-corrected chi connectivity index (χ2v) is 7.57. The van der Waals surface area contributed by atoms with Gasteiger partial charge in [-0.3, -0.25) is 9.59 Å². The van der Waals surface area contributed by atoms with Crippen LogP contribution >= 0.6 is 0 Å². The van der Waals surface area contributed by atoms with Crippen LogP contribution in [0.5, 0.6) is 0 Å². The Kier molecular flexibility index (Phi) is 5.34. The lowest BCUT2D eigenvalue weighted by molar-refractivity contribution is -0.134. The molecule has 1 saturated heterocycles. The van der Waals surface area contributed by atoms with Crippen LogP contribution in [0.1, 0.15) is 27.2 Å². The molecule has 1 rings (SSSR count). The number of sulfone groups is 1. The van der Waals surface area contributed by atoms with Gasteiger partial charge < -0.3 is 10.2 Å². The number of hydrogen-bond acceptors (Lipinski definition) is 4. The van der Waals surface area contributed by atoms with Gasteiger partial charge in [-0.25, -0.2) is 8.42 Å². The molecule has 0 aliphatic carbocycles. The molecule has 0 bridgehead atoms. The summed E-state index contributed by atoms with van der Waals surface area (Å²) in [7, 11) is -3.10. The van der Waals surface area contributed by atoms with Gasteiger partial charge in [0.25, 0.3) is 0 Å². The van der Waals surface area contributed by atoms with E-state index in [9.17, 15) is 18.0 Å². The lowest BCUT2D eigenvalue weighted by atomic mass is 10.0. The summed E-state index contributed by atoms with van der Waals surface area (Å²) in [5, 5.41) is 2.69. The lowest BCUT2D eigenvalue weighted by Gasteiger charge is -2.25. The van der Waals surface area contributed by atoms with E-state index in [0.717, 1.165) is 0 Å². The third kappa shape index (κ3) is 4.49. The molecule has 0 aromatic rings. The third-order valence-electron chi connectivity index (χ3n) is 3.28. The molecule has 2 amide bonds. The topological polar surface area (TPSA) is 83.6 Å². The second kappa shape index (κ2) is 6.36. The lowest BCUT2D eigenvalue weighted by Crippen LogP contribution is -2.48. The van der Waals surface area contributed by atoms with Gasteiger partial charge in [0.05, 0.1) is 5.75 Å². The van der Waals surface area contributed by atoms with Gasteiger partial charge >= 0.3 is 0 Å². The highest BCUT2D eigenvalue weighted by Crippen LogP contribution is 2.11. The maximum Gasteiger partial charge on any atom is 0.245 e. The zero-order chi connectivity index (χ0) is 14.6.